The monoisotopic (exact) mass is 223 g/mol. The molecule has 0 heterocycles. The van der Waals surface area contributed by atoms with Crippen molar-refractivity contribution in [2.24, 2.45) is 0 Å². The molecule has 0 saturated carbocycles. The molecule has 0 saturated heterocycles. The average molecular weight is 223 g/mol. The first-order valence-electron chi connectivity index (χ1n) is 4.77. The van der Waals surface area contributed by atoms with Gasteiger partial charge in [-0.1, -0.05) is 60.7 Å². The Morgan fingerprint density at radius 1 is 0.625 bits per heavy atom. The standard InChI is InChI=1S/C12H12O2Si.Li/c13-15(14,11-7-3-1-4-8-11)12-9-5-2-6-10-12;/h1-10,13-14H;. The summed E-state index contributed by atoms with van der Waals surface area (Å²) in [4.78, 5) is 20.3. The molecule has 0 spiro atoms. The Balaban J connectivity index is 0.00000128. The maximum absolute atomic E-state index is 10.2. The van der Waals surface area contributed by atoms with E-state index in [0.717, 1.165) is 0 Å². The molecular weight excluding hydrogens is 211 g/mol. The zero-order chi connectivity index (χ0) is 10.7. The molecule has 0 atom stereocenters. The fraction of sp³-hybridized carbons (Fsp3) is 0. The van der Waals surface area contributed by atoms with E-state index in [2.05, 4.69) is 0 Å². The SMILES string of the molecule is O[Si](O)(c1ccccc1)c1ccccc1.[Li]. The Kier molecular flexibility index (Phi) is 4.54. The van der Waals surface area contributed by atoms with E-state index in [1.165, 1.54) is 0 Å². The zero-order valence-electron chi connectivity index (χ0n) is 9.17. The van der Waals surface area contributed by atoms with Gasteiger partial charge >= 0.3 is 8.56 Å². The van der Waals surface area contributed by atoms with Crippen LogP contribution in [0.5, 0.6) is 0 Å². The van der Waals surface area contributed by atoms with Crippen LogP contribution in [-0.4, -0.2) is 37.0 Å². The second-order valence-electron chi connectivity index (χ2n) is 3.40. The van der Waals surface area contributed by atoms with Crippen LogP contribution in [-0.2, 0) is 0 Å². The van der Waals surface area contributed by atoms with Crippen molar-refractivity contribution in [2.75, 3.05) is 0 Å². The quantitative estimate of drug-likeness (QED) is 0.695. The Labute approximate surface area is 108 Å². The number of hydrogen-bond donors (Lipinski definition) is 2. The van der Waals surface area contributed by atoms with Gasteiger partial charge in [-0.25, -0.2) is 0 Å². The minimum absolute atomic E-state index is 0. The summed E-state index contributed by atoms with van der Waals surface area (Å²) in [7, 11) is -3.46. The molecule has 0 aliphatic rings. The second-order valence-corrected chi connectivity index (χ2v) is 5.90. The van der Waals surface area contributed by atoms with Crippen molar-refractivity contribution in [3.63, 3.8) is 0 Å². The van der Waals surface area contributed by atoms with Gasteiger partial charge in [-0.15, -0.1) is 0 Å². The van der Waals surface area contributed by atoms with E-state index < -0.39 is 8.56 Å². The molecular formula is C12H12LiO2Si. The summed E-state index contributed by atoms with van der Waals surface area (Å²) in [5.74, 6) is 0. The fourth-order valence-electron chi connectivity index (χ4n) is 1.51. The van der Waals surface area contributed by atoms with E-state index in [1.807, 2.05) is 36.4 Å². The van der Waals surface area contributed by atoms with Gasteiger partial charge in [0.05, 0.1) is 0 Å². The minimum atomic E-state index is -3.46. The van der Waals surface area contributed by atoms with Gasteiger partial charge in [-0.05, 0) is 10.4 Å². The average Bonchev–Trinajstić information content (AvgIpc) is 2.31. The molecule has 1 radical (unpaired) electrons. The largest absolute Gasteiger partial charge is 0.404 e. The van der Waals surface area contributed by atoms with Gasteiger partial charge < -0.3 is 9.59 Å². The van der Waals surface area contributed by atoms with Gasteiger partial charge in [-0.2, -0.15) is 0 Å². The predicted molar refractivity (Wildman–Crippen MR) is 68.1 cm³/mol. The summed E-state index contributed by atoms with van der Waals surface area (Å²) in [5, 5.41) is 1.22. The molecule has 0 aromatic heterocycles. The van der Waals surface area contributed by atoms with Crippen LogP contribution in [0.1, 0.15) is 0 Å². The fourth-order valence-corrected chi connectivity index (χ4v) is 3.16. The third kappa shape index (κ3) is 2.64. The van der Waals surface area contributed by atoms with Crippen molar-refractivity contribution < 1.29 is 9.59 Å². The van der Waals surface area contributed by atoms with E-state index in [9.17, 15) is 9.59 Å². The van der Waals surface area contributed by atoms with Crippen molar-refractivity contribution in [1.82, 2.24) is 0 Å². The Bertz CT molecular complexity index is 390. The van der Waals surface area contributed by atoms with Crippen molar-refractivity contribution >= 4 is 37.8 Å². The van der Waals surface area contributed by atoms with Crippen molar-refractivity contribution in [3.8, 4) is 0 Å². The molecule has 0 fully saturated rings. The van der Waals surface area contributed by atoms with Crippen LogP contribution in [0.15, 0.2) is 60.7 Å². The van der Waals surface area contributed by atoms with Crippen molar-refractivity contribution in [1.29, 1.82) is 0 Å². The van der Waals surface area contributed by atoms with Gasteiger partial charge in [0, 0.05) is 18.9 Å². The molecule has 0 amide bonds. The predicted octanol–water partition coefficient (Wildman–Crippen LogP) is -0.153. The summed E-state index contributed by atoms with van der Waals surface area (Å²) < 4.78 is 0. The molecule has 2 aromatic carbocycles. The summed E-state index contributed by atoms with van der Waals surface area (Å²) in [6, 6.07) is 18.0. The van der Waals surface area contributed by atoms with E-state index in [4.69, 9.17) is 0 Å². The molecule has 2 aromatic rings. The van der Waals surface area contributed by atoms with Gasteiger partial charge in [0.2, 0.25) is 0 Å². The van der Waals surface area contributed by atoms with Crippen LogP contribution in [0, 0.1) is 0 Å². The second kappa shape index (κ2) is 5.49. The number of rotatable bonds is 2. The molecule has 2 rings (SSSR count). The Morgan fingerprint density at radius 2 is 0.938 bits per heavy atom. The van der Waals surface area contributed by atoms with Gasteiger partial charge in [0.25, 0.3) is 0 Å². The summed E-state index contributed by atoms with van der Waals surface area (Å²) in [6.07, 6.45) is 0. The van der Waals surface area contributed by atoms with E-state index >= 15 is 0 Å². The van der Waals surface area contributed by atoms with Gasteiger partial charge in [-0.3, -0.25) is 0 Å². The van der Waals surface area contributed by atoms with Crippen LogP contribution in [0.25, 0.3) is 0 Å². The smallest absolute Gasteiger partial charge is 0.401 e. The van der Waals surface area contributed by atoms with Gasteiger partial charge in [0.1, 0.15) is 0 Å². The summed E-state index contributed by atoms with van der Waals surface area (Å²) in [5.41, 5.74) is 0. The molecule has 16 heavy (non-hydrogen) atoms. The Hall–Kier alpha value is -0.826. The maximum Gasteiger partial charge on any atom is 0.401 e. The normalized spacial score (nSPS) is 10.6. The third-order valence-corrected chi connectivity index (χ3v) is 4.63. The molecule has 0 bridgehead atoms. The molecule has 77 valence electrons. The maximum atomic E-state index is 10.2. The van der Waals surface area contributed by atoms with E-state index in [-0.39, 0.29) is 18.9 Å². The van der Waals surface area contributed by atoms with Crippen molar-refractivity contribution in [2.45, 2.75) is 0 Å². The number of benzene rings is 2. The number of hydrogen-bond acceptors (Lipinski definition) is 2. The summed E-state index contributed by atoms with van der Waals surface area (Å²) in [6.45, 7) is 0. The first kappa shape index (κ1) is 13.2. The van der Waals surface area contributed by atoms with Crippen LogP contribution >= 0.6 is 0 Å². The first-order chi connectivity index (χ1) is 7.21. The van der Waals surface area contributed by atoms with Crippen LogP contribution in [0.2, 0.25) is 0 Å². The summed E-state index contributed by atoms with van der Waals surface area (Å²) >= 11 is 0. The van der Waals surface area contributed by atoms with Crippen LogP contribution in [0.4, 0.5) is 0 Å². The molecule has 0 unspecified atom stereocenters. The van der Waals surface area contributed by atoms with Crippen LogP contribution in [0.3, 0.4) is 0 Å². The van der Waals surface area contributed by atoms with Gasteiger partial charge in [0.15, 0.2) is 0 Å². The van der Waals surface area contributed by atoms with Crippen LogP contribution < -0.4 is 10.4 Å². The molecule has 0 aliphatic carbocycles. The molecule has 0 aliphatic heterocycles. The topological polar surface area (TPSA) is 40.5 Å². The molecule has 4 heteroatoms. The molecule has 2 N–H and O–H groups in total. The third-order valence-electron chi connectivity index (χ3n) is 2.35. The zero-order valence-corrected chi connectivity index (χ0v) is 10.2. The first-order valence-corrected chi connectivity index (χ1v) is 6.66. The van der Waals surface area contributed by atoms with Crippen molar-refractivity contribution in [3.05, 3.63) is 60.7 Å². The molecule has 2 nitrogen and oxygen atoms in total. The minimum Gasteiger partial charge on any atom is -0.404 e. The Morgan fingerprint density at radius 3 is 1.25 bits per heavy atom. The van der Waals surface area contributed by atoms with E-state index in [1.54, 1.807) is 24.3 Å². The van der Waals surface area contributed by atoms with E-state index in [0.29, 0.717) is 10.4 Å².